The summed E-state index contributed by atoms with van der Waals surface area (Å²) < 4.78 is 14.6. The van der Waals surface area contributed by atoms with Gasteiger partial charge in [0.1, 0.15) is 18.3 Å². The van der Waals surface area contributed by atoms with Crippen LogP contribution in [-0.4, -0.2) is 58.1 Å². The number of nitrogens with one attached hydrogen (secondary N) is 3. The quantitative estimate of drug-likeness (QED) is 0.143. The molecule has 6 bridgehead atoms. The van der Waals surface area contributed by atoms with Gasteiger partial charge < -0.3 is 34.3 Å². The van der Waals surface area contributed by atoms with Gasteiger partial charge in [-0.15, -0.1) is 0 Å². The van der Waals surface area contributed by atoms with Gasteiger partial charge in [-0.3, -0.25) is 0 Å². The fourth-order valence-electron chi connectivity index (χ4n) is 12.6. The molecule has 0 spiro atoms. The van der Waals surface area contributed by atoms with Crippen molar-refractivity contribution in [3.05, 3.63) is 88.5 Å². The molecule has 4 N–H and O–H groups in total. The lowest BCUT2D eigenvalue weighted by molar-refractivity contribution is -0.978. The van der Waals surface area contributed by atoms with Crippen LogP contribution in [0.4, 0.5) is 0 Å². The number of fused-ring (bicyclic) bond motifs is 16. The molecule has 5 fully saturated rings. The van der Waals surface area contributed by atoms with E-state index in [-0.39, 0.29) is 30.7 Å². The third kappa shape index (κ3) is 3.29. The molecule has 7 nitrogen and oxygen atoms in total. The summed E-state index contributed by atoms with van der Waals surface area (Å²) >= 11 is 0. The average molecular weight is 630 g/mol. The van der Waals surface area contributed by atoms with E-state index in [4.69, 9.17) is 9.47 Å². The maximum Gasteiger partial charge on any atom is 0.244 e. The summed E-state index contributed by atoms with van der Waals surface area (Å²) in [6.07, 6.45) is 6.17. The number of aromatic nitrogens is 2. The number of hydrogen-bond donors (Lipinski definition) is 4. The van der Waals surface area contributed by atoms with Crippen molar-refractivity contribution in [1.82, 2.24) is 15.3 Å². The fourth-order valence-corrected chi connectivity index (χ4v) is 12.6. The molecule has 12 unspecified atom stereocenters. The summed E-state index contributed by atoms with van der Waals surface area (Å²) in [5, 5.41) is 17.5. The third-order valence-electron chi connectivity index (χ3n) is 14.5. The predicted octanol–water partition coefficient (Wildman–Crippen LogP) is 6.52. The highest BCUT2D eigenvalue weighted by Crippen LogP contribution is 2.61. The number of aliphatic hydroxyl groups excluding tert-OH is 1. The number of hydrogen-bond acceptors (Lipinski definition) is 4. The summed E-state index contributed by atoms with van der Waals surface area (Å²) in [6.45, 7) is 10.5. The average Bonchev–Trinajstić information content (AvgIpc) is 3.62. The van der Waals surface area contributed by atoms with Gasteiger partial charge in [-0.05, 0) is 66.5 Å². The van der Waals surface area contributed by atoms with Crippen molar-refractivity contribution >= 4 is 21.8 Å². The second-order valence-corrected chi connectivity index (χ2v) is 16.2. The molecule has 5 saturated heterocycles. The number of para-hydroxylation sites is 1. The molecule has 2 aromatic heterocycles. The van der Waals surface area contributed by atoms with Crippen LogP contribution in [0.2, 0.25) is 0 Å². The van der Waals surface area contributed by atoms with Crippen LogP contribution < -0.4 is 10.1 Å². The number of allylic oxidation sites excluding steroid dienone is 1. The van der Waals surface area contributed by atoms with Crippen LogP contribution in [0.15, 0.2) is 60.4 Å². The van der Waals surface area contributed by atoms with Crippen molar-refractivity contribution < 1.29 is 19.1 Å². The van der Waals surface area contributed by atoms with E-state index in [1.807, 2.05) is 0 Å². The molecule has 47 heavy (non-hydrogen) atoms. The first kappa shape index (κ1) is 27.4. The molecule has 242 valence electrons. The van der Waals surface area contributed by atoms with Crippen molar-refractivity contribution in [2.45, 2.75) is 75.9 Å². The van der Waals surface area contributed by atoms with Gasteiger partial charge >= 0.3 is 0 Å². The molecule has 10 heterocycles. The number of quaternary nitrogens is 1. The zero-order valence-corrected chi connectivity index (χ0v) is 27.6. The van der Waals surface area contributed by atoms with Crippen LogP contribution in [0, 0.1) is 29.6 Å². The van der Waals surface area contributed by atoms with E-state index in [0.717, 1.165) is 48.2 Å². The zero-order chi connectivity index (χ0) is 31.5. The lowest BCUT2D eigenvalue weighted by Crippen LogP contribution is -2.70. The van der Waals surface area contributed by atoms with Gasteiger partial charge in [-0.1, -0.05) is 37.8 Å². The first-order chi connectivity index (χ1) is 22.9. The number of benzene rings is 2. The van der Waals surface area contributed by atoms with Crippen LogP contribution >= 0.6 is 0 Å². The van der Waals surface area contributed by atoms with Gasteiger partial charge in [0.05, 0.1) is 31.1 Å². The first-order valence-electron chi connectivity index (χ1n) is 18.0. The van der Waals surface area contributed by atoms with E-state index >= 15 is 0 Å². The Morgan fingerprint density at radius 3 is 2.72 bits per heavy atom. The number of likely N-dealkylation sites (N-methyl/N-ethyl adjacent to an activating group) is 1. The molecule has 7 heteroatoms. The van der Waals surface area contributed by atoms with Gasteiger partial charge in [0.15, 0.2) is 0 Å². The molecular weight excluding hydrogens is 584 g/mol. The molecule has 12 rings (SSSR count). The Hall–Kier alpha value is -3.52. The minimum absolute atomic E-state index is 0.238. The van der Waals surface area contributed by atoms with E-state index in [2.05, 4.69) is 85.2 Å². The van der Waals surface area contributed by atoms with Crippen molar-refractivity contribution in [3.8, 4) is 5.75 Å². The molecule has 0 radical (unpaired) electrons. The lowest BCUT2D eigenvalue weighted by atomic mass is 9.60. The van der Waals surface area contributed by atoms with E-state index in [1.54, 1.807) is 5.57 Å². The Bertz CT molecular complexity index is 2060. The van der Waals surface area contributed by atoms with Crippen molar-refractivity contribution in [3.63, 3.8) is 0 Å². The van der Waals surface area contributed by atoms with E-state index < -0.39 is 0 Å². The van der Waals surface area contributed by atoms with E-state index in [1.165, 1.54) is 49.9 Å². The van der Waals surface area contributed by atoms with Gasteiger partial charge in [0.25, 0.3) is 0 Å². The van der Waals surface area contributed by atoms with Crippen molar-refractivity contribution in [2.75, 3.05) is 20.2 Å². The maximum absolute atomic E-state index is 10.7. The van der Waals surface area contributed by atoms with Gasteiger partial charge in [0.2, 0.25) is 6.29 Å². The van der Waals surface area contributed by atoms with Gasteiger partial charge in [-0.2, -0.15) is 0 Å². The fraction of sp³-hybridized carbons (Fsp3) is 0.500. The predicted molar refractivity (Wildman–Crippen MR) is 182 cm³/mol. The number of aromatic amines is 2. The number of nitrogens with zero attached hydrogens (tertiary/aromatic N) is 1. The van der Waals surface area contributed by atoms with Crippen LogP contribution in [0.25, 0.3) is 21.8 Å². The Balaban J connectivity index is 1.02. The highest BCUT2D eigenvalue weighted by molar-refractivity contribution is 5.91. The topological polar surface area (TPSA) is 82.3 Å². The molecule has 0 amide bonds. The molecule has 0 saturated carbocycles. The first-order valence-corrected chi connectivity index (χ1v) is 18.0. The Kier molecular flexibility index (Phi) is 5.33. The molecule has 2 aromatic carbocycles. The van der Waals surface area contributed by atoms with E-state index in [0.29, 0.717) is 41.9 Å². The van der Waals surface area contributed by atoms with Crippen molar-refractivity contribution in [1.29, 1.82) is 0 Å². The SMILES string of the molecule is C=C1OC2Oc3ccc4[nH]c5c(c4c3C(C)C2C2CC3NC(Cc4c3[nH]c3ccccc43)C12)CC1C(CO)C2CC5[N+]1(C)C/C2=C/C. The number of aliphatic hydroxyl groups is 1. The molecule has 4 aromatic rings. The minimum atomic E-state index is -0.316. The largest absolute Gasteiger partial charge is 0.459 e. The molecule has 0 aliphatic carbocycles. The highest BCUT2D eigenvalue weighted by Gasteiger charge is 2.62. The van der Waals surface area contributed by atoms with Crippen LogP contribution in [0.1, 0.15) is 72.8 Å². The second kappa shape index (κ2) is 9.13. The third-order valence-corrected chi connectivity index (χ3v) is 14.5. The lowest BCUT2D eigenvalue weighted by Gasteiger charge is -2.62. The zero-order valence-electron chi connectivity index (χ0n) is 27.6. The summed E-state index contributed by atoms with van der Waals surface area (Å²) in [6, 6.07) is 14.6. The number of rotatable bonds is 1. The Morgan fingerprint density at radius 1 is 1.02 bits per heavy atom. The summed E-state index contributed by atoms with van der Waals surface area (Å²) in [4.78, 5) is 7.80. The number of H-pyrrole nitrogens is 2. The molecular formula is C40H45N4O3+. The highest BCUT2D eigenvalue weighted by atomic mass is 16.7. The monoisotopic (exact) mass is 629 g/mol. The second-order valence-electron chi connectivity index (χ2n) is 16.2. The normalized spacial score (nSPS) is 41.5. The smallest absolute Gasteiger partial charge is 0.244 e. The summed E-state index contributed by atoms with van der Waals surface area (Å²) in [5.41, 5.74) is 11.2. The Labute approximate surface area is 275 Å². The minimum Gasteiger partial charge on any atom is -0.459 e. The number of piperidine rings is 4. The maximum atomic E-state index is 10.7. The van der Waals surface area contributed by atoms with Crippen LogP contribution in [-0.2, 0) is 17.6 Å². The van der Waals surface area contributed by atoms with E-state index in [9.17, 15) is 5.11 Å². The van der Waals surface area contributed by atoms with Gasteiger partial charge in [-0.25, -0.2) is 0 Å². The number of ether oxygens (including phenoxy) is 2. The van der Waals surface area contributed by atoms with Crippen LogP contribution in [0.5, 0.6) is 5.75 Å². The summed E-state index contributed by atoms with van der Waals surface area (Å²) in [7, 11) is 2.45. The summed E-state index contributed by atoms with van der Waals surface area (Å²) in [5.74, 6) is 3.83. The van der Waals surface area contributed by atoms with Crippen molar-refractivity contribution in [2.24, 2.45) is 29.6 Å². The molecule has 8 aliphatic heterocycles. The van der Waals surface area contributed by atoms with Crippen LogP contribution in [0.3, 0.4) is 0 Å². The van der Waals surface area contributed by atoms with Gasteiger partial charge in [0, 0.05) is 81.7 Å². The molecule has 8 aliphatic rings. The standard InChI is InChI=1S/C40H45N4O3/c1-5-20-16-44(4)31-15-25-37-28(43-39(25)32(44)14-22(20)26(31)17-45)10-11-33-35(37)18(2)34-24-13-30-38-23(21-8-6-7-9-27(21)42-38)12-29(41-30)36(24)19(3)46-40(34)47-33/h5-11,18,22,24,26,29-32,34,36,40-43,45H,3,12-17H2,1-2,4H3/q+1/b20-5-. The Morgan fingerprint density at radius 2 is 1.87 bits per heavy atom. The molecule has 12 atom stereocenters.